The molecule has 0 aliphatic carbocycles. The second kappa shape index (κ2) is 8.12. The fourth-order valence-corrected chi connectivity index (χ4v) is 3.86. The lowest BCUT2D eigenvalue weighted by molar-refractivity contribution is -0.138. The van der Waals surface area contributed by atoms with E-state index in [4.69, 9.17) is 11.7 Å². The summed E-state index contributed by atoms with van der Waals surface area (Å²) in [5.74, 6) is 3.27. The van der Waals surface area contributed by atoms with E-state index in [0.717, 1.165) is 37.3 Å². The molecule has 3 heterocycles. The lowest BCUT2D eigenvalue weighted by atomic mass is 9.94. The maximum Gasteiger partial charge on any atom is 0.246 e. The summed E-state index contributed by atoms with van der Waals surface area (Å²) in [5, 5.41) is 15.1. The number of rotatable bonds is 3. The van der Waals surface area contributed by atoms with Crippen LogP contribution in [0.5, 0.6) is 0 Å². The average Bonchev–Trinajstić information content (AvgIpc) is 3.29. The standard InChI is InChI=1S/C22H20N6O/c1-2-19-13-21(25-15-24-19)27-10-7-17(8-11-27)22(29)28-20(6-9-26-28)18-5-3-4-16(12-18)14-23/h1,3-5,9,12-13,15,17,20H,6-8,10-11H2/t20-/m0/s1. The highest BCUT2D eigenvalue weighted by Crippen LogP contribution is 2.32. The highest BCUT2D eigenvalue weighted by molar-refractivity contribution is 5.82. The molecule has 0 spiro atoms. The van der Waals surface area contributed by atoms with Crippen LogP contribution in [0.15, 0.2) is 41.8 Å². The molecular formula is C22H20N6O. The number of benzene rings is 1. The summed E-state index contributed by atoms with van der Waals surface area (Å²) >= 11 is 0. The number of amides is 1. The number of carbonyl (C=O) groups excluding carboxylic acids is 1. The third-order valence-corrected chi connectivity index (χ3v) is 5.42. The Bertz CT molecular complexity index is 1030. The molecule has 1 aromatic heterocycles. The number of anilines is 1. The van der Waals surface area contributed by atoms with E-state index < -0.39 is 0 Å². The highest BCUT2D eigenvalue weighted by Gasteiger charge is 2.35. The molecule has 1 saturated heterocycles. The van der Waals surface area contributed by atoms with E-state index in [2.05, 4.69) is 32.0 Å². The average molecular weight is 384 g/mol. The molecule has 2 aliphatic rings. The molecule has 1 aromatic carbocycles. The van der Waals surface area contributed by atoms with Crippen molar-refractivity contribution in [2.45, 2.75) is 25.3 Å². The second-order valence-electron chi connectivity index (χ2n) is 7.14. The molecule has 0 radical (unpaired) electrons. The van der Waals surface area contributed by atoms with Gasteiger partial charge in [0.15, 0.2) is 0 Å². The van der Waals surface area contributed by atoms with Crippen LogP contribution in [-0.4, -0.2) is 40.2 Å². The number of piperidine rings is 1. The van der Waals surface area contributed by atoms with Crippen LogP contribution in [0, 0.1) is 29.6 Å². The lowest BCUT2D eigenvalue weighted by Gasteiger charge is -2.34. The van der Waals surface area contributed by atoms with Crippen LogP contribution in [0.2, 0.25) is 0 Å². The summed E-state index contributed by atoms with van der Waals surface area (Å²) in [4.78, 5) is 23.6. The number of aromatic nitrogens is 2. The summed E-state index contributed by atoms with van der Waals surface area (Å²) in [6, 6.07) is 11.2. The molecule has 0 unspecified atom stereocenters. The number of hydrogen-bond donors (Lipinski definition) is 0. The maximum absolute atomic E-state index is 13.2. The third kappa shape index (κ3) is 3.81. The Kier molecular flexibility index (Phi) is 5.22. The zero-order valence-corrected chi connectivity index (χ0v) is 15.9. The van der Waals surface area contributed by atoms with E-state index >= 15 is 0 Å². The van der Waals surface area contributed by atoms with Gasteiger partial charge in [-0.3, -0.25) is 4.79 Å². The van der Waals surface area contributed by atoms with Crippen LogP contribution in [0.3, 0.4) is 0 Å². The minimum Gasteiger partial charge on any atom is -0.356 e. The summed E-state index contributed by atoms with van der Waals surface area (Å²) in [5.41, 5.74) is 2.09. The van der Waals surface area contributed by atoms with Crippen molar-refractivity contribution in [3.8, 4) is 18.4 Å². The molecule has 4 rings (SSSR count). The van der Waals surface area contributed by atoms with Gasteiger partial charge in [0.2, 0.25) is 5.91 Å². The maximum atomic E-state index is 13.2. The number of nitrogens with zero attached hydrogens (tertiary/aromatic N) is 6. The molecule has 29 heavy (non-hydrogen) atoms. The van der Waals surface area contributed by atoms with E-state index in [1.165, 1.54) is 6.33 Å². The zero-order chi connectivity index (χ0) is 20.2. The normalized spacial score (nSPS) is 19.0. The van der Waals surface area contributed by atoms with Crippen LogP contribution in [-0.2, 0) is 4.79 Å². The van der Waals surface area contributed by atoms with Gasteiger partial charge >= 0.3 is 0 Å². The van der Waals surface area contributed by atoms with Crippen molar-refractivity contribution in [2.75, 3.05) is 18.0 Å². The van der Waals surface area contributed by atoms with E-state index in [1.54, 1.807) is 23.4 Å². The van der Waals surface area contributed by atoms with Crippen LogP contribution >= 0.6 is 0 Å². The quantitative estimate of drug-likeness (QED) is 0.759. The van der Waals surface area contributed by atoms with Gasteiger partial charge in [0.05, 0.1) is 17.7 Å². The summed E-state index contributed by atoms with van der Waals surface area (Å²) in [7, 11) is 0. The summed E-state index contributed by atoms with van der Waals surface area (Å²) < 4.78 is 0. The van der Waals surface area contributed by atoms with Crippen LogP contribution in [0.1, 0.15) is 42.1 Å². The Hall–Kier alpha value is -3.71. The first-order chi connectivity index (χ1) is 14.2. The highest BCUT2D eigenvalue weighted by atomic mass is 16.2. The number of hydrogen-bond acceptors (Lipinski definition) is 6. The SMILES string of the molecule is C#Cc1cc(N2CCC(C(=O)N3N=CC[C@H]3c3cccc(C#N)c3)CC2)ncn1. The Balaban J connectivity index is 1.43. The van der Waals surface area contributed by atoms with Crippen molar-refractivity contribution in [2.24, 2.45) is 11.0 Å². The van der Waals surface area contributed by atoms with Gasteiger partial charge in [-0.05, 0) is 30.5 Å². The van der Waals surface area contributed by atoms with Gasteiger partial charge in [-0.25, -0.2) is 15.0 Å². The monoisotopic (exact) mass is 384 g/mol. The first kappa shape index (κ1) is 18.6. The molecule has 2 aliphatic heterocycles. The topological polar surface area (TPSA) is 85.5 Å². The predicted molar refractivity (Wildman–Crippen MR) is 109 cm³/mol. The Morgan fingerprint density at radius 3 is 2.79 bits per heavy atom. The fraction of sp³-hybridized carbons (Fsp3) is 0.318. The first-order valence-electron chi connectivity index (χ1n) is 9.59. The van der Waals surface area contributed by atoms with Gasteiger partial charge < -0.3 is 4.90 Å². The smallest absolute Gasteiger partial charge is 0.246 e. The van der Waals surface area contributed by atoms with E-state index in [1.807, 2.05) is 18.2 Å². The number of nitriles is 1. The molecule has 1 fully saturated rings. The molecule has 7 heteroatoms. The van der Waals surface area contributed by atoms with Crippen molar-refractivity contribution in [1.29, 1.82) is 5.26 Å². The second-order valence-corrected chi connectivity index (χ2v) is 7.14. The van der Waals surface area contributed by atoms with Gasteiger partial charge in [-0.15, -0.1) is 6.42 Å². The van der Waals surface area contributed by atoms with E-state index in [0.29, 0.717) is 17.7 Å². The molecule has 7 nitrogen and oxygen atoms in total. The lowest BCUT2D eigenvalue weighted by Crippen LogP contribution is -2.41. The number of terminal acetylenes is 1. The molecule has 144 valence electrons. The molecule has 1 amide bonds. The largest absolute Gasteiger partial charge is 0.356 e. The van der Waals surface area contributed by atoms with Gasteiger partial charge in [-0.2, -0.15) is 10.4 Å². The van der Waals surface area contributed by atoms with Gasteiger partial charge in [0, 0.05) is 37.7 Å². The van der Waals surface area contributed by atoms with Crippen LogP contribution in [0.4, 0.5) is 5.82 Å². The Morgan fingerprint density at radius 1 is 1.21 bits per heavy atom. The summed E-state index contributed by atoms with van der Waals surface area (Å²) in [6.45, 7) is 1.45. The molecule has 0 saturated carbocycles. The molecule has 0 bridgehead atoms. The molecule has 2 aromatic rings. The van der Waals surface area contributed by atoms with Crippen molar-refractivity contribution in [3.63, 3.8) is 0 Å². The fourth-order valence-electron chi connectivity index (χ4n) is 3.86. The predicted octanol–water partition coefficient (Wildman–Crippen LogP) is 2.51. The third-order valence-electron chi connectivity index (χ3n) is 5.42. The van der Waals surface area contributed by atoms with Gasteiger partial charge in [0.1, 0.15) is 17.8 Å². The van der Waals surface area contributed by atoms with Crippen molar-refractivity contribution < 1.29 is 4.79 Å². The van der Waals surface area contributed by atoms with E-state index in [9.17, 15) is 4.79 Å². The van der Waals surface area contributed by atoms with Gasteiger partial charge in [-0.1, -0.05) is 18.1 Å². The zero-order valence-electron chi connectivity index (χ0n) is 15.9. The Labute approximate surface area is 169 Å². The minimum absolute atomic E-state index is 0.0396. The minimum atomic E-state index is -0.145. The van der Waals surface area contributed by atoms with Crippen LogP contribution < -0.4 is 4.90 Å². The number of carbonyl (C=O) groups is 1. The van der Waals surface area contributed by atoms with Crippen molar-refractivity contribution in [3.05, 3.63) is 53.5 Å². The van der Waals surface area contributed by atoms with Crippen LogP contribution in [0.25, 0.3) is 0 Å². The molecular weight excluding hydrogens is 364 g/mol. The van der Waals surface area contributed by atoms with Gasteiger partial charge in [0.25, 0.3) is 0 Å². The summed E-state index contributed by atoms with van der Waals surface area (Å²) in [6.07, 6.45) is 10.8. The molecule has 0 N–H and O–H groups in total. The van der Waals surface area contributed by atoms with Crippen molar-refractivity contribution >= 4 is 17.9 Å². The van der Waals surface area contributed by atoms with Crippen molar-refractivity contribution in [1.82, 2.24) is 15.0 Å². The van der Waals surface area contributed by atoms with E-state index in [-0.39, 0.29) is 17.9 Å². The Morgan fingerprint density at radius 2 is 2.03 bits per heavy atom. The molecule has 1 atom stereocenters. The number of hydrazone groups is 1. The first-order valence-corrected chi connectivity index (χ1v) is 9.59.